The summed E-state index contributed by atoms with van der Waals surface area (Å²) in [6.45, 7) is 7.68. The quantitative estimate of drug-likeness (QED) is 0.838. The minimum Gasteiger partial charge on any atom is -0.494 e. The zero-order valence-electron chi connectivity index (χ0n) is 11.7. The Morgan fingerprint density at radius 3 is 2.95 bits per heavy atom. The third-order valence-electron chi connectivity index (χ3n) is 3.20. The molecular weight excluding hydrogens is 238 g/mol. The summed E-state index contributed by atoms with van der Waals surface area (Å²) in [5.41, 5.74) is 3.54. The number of aromatic amines is 1. The van der Waals surface area contributed by atoms with Gasteiger partial charge in [-0.25, -0.2) is 0 Å². The first kappa shape index (κ1) is 13.6. The lowest BCUT2D eigenvalue weighted by Gasteiger charge is -2.15. The number of nitrogens with zero attached hydrogens (tertiary/aromatic N) is 1. The molecule has 2 rings (SSSR count). The second-order valence-electron chi connectivity index (χ2n) is 4.63. The zero-order chi connectivity index (χ0) is 13.7. The van der Waals surface area contributed by atoms with Crippen LogP contribution in [0.2, 0.25) is 0 Å². The first-order valence-electron chi connectivity index (χ1n) is 6.65. The molecule has 0 aliphatic heterocycles. The van der Waals surface area contributed by atoms with Gasteiger partial charge in [0.15, 0.2) is 0 Å². The van der Waals surface area contributed by atoms with Crippen LogP contribution in [-0.2, 0) is 6.54 Å². The number of hydrogen-bond acceptors (Lipinski definition) is 3. The van der Waals surface area contributed by atoms with Crippen molar-refractivity contribution in [3.63, 3.8) is 0 Å². The Labute approximate surface area is 114 Å². The van der Waals surface area contributed by atoms with E-state index in [4.69, 9.17) is 4.74 Å². The summed E-state index contributed by atoms with van der Waals surface area (Å²) in [5.74, 6) is 0.924. The molecule has 4 heteroatoms. The molecule has 0 bridgehead atoms. The van der Waals surface area contributed by atoms with Gasteiger partial charge in [-0.15, -0.1) is 0 Å². The Hall–Kier alpha value is -1.81. The van der Waals surface area contributed by atoms with Crippen molar-refractivity contribution in [3.8, 4) is 5.75 Å². The molecule has 4 nitrogen and oxygen atoms in total. The van der Waals surface area contributed by atoms with Crippen LogP contribution in [0.25, 0.3) is 0 Å². The SMILES string of the molecule is CCOc1cccc([C@@H](C)NCc2cn[nH]c2C)c1. The average Bonchev–Trinajstić information content (AvgIpc) is 2.82. The Morgan fingerprint density at radius 2 is 2.26 bits per heavy atom. The third kappa shape index (κ3) is 3.58. The molecule has 0 unspecified atom stereocenters. The van der Waals surface area contributed by atoms with Crippen LogP contribution in [0.3, 0.4) is 0 Å². The van der Waals surface area contributed by atoms with Gasteiger partial charge < -0.3 is 10.1 Å². The fourth-order valence-corrected chi connectivity index (χ4v) is 1.98. The number of rotatable bonds is 6. The molecule has 0 aliphatic carbocycles. The summed E-state index contributed by atoms with van der Waals surface area (Å²) in [6.07, 6.45) is 1.87. The van der Waals surface area contributed by atoms with E-state index in [1.54, 1.807) is 0 Å². The molecule has 1 aromatic heterocycles. The van der Waals surface area contributed by atoms with Crippen LogP contribution < -0.4 is 10.1 Å². The molecule has 0 radical (unpaired) electrons. The van der Waals surface area contributed by atoms with Crippen LogP contribution in [0.1, 0.15) is 36.7 Å². The maximum atomic E-state index is 5.52. The first-order valence-corrected chi connectivity index (χ1v) is 6.65. The van der Waals surface area contributed by atoms with Crippen molar-refractivity contribution in [1.29, 1.82) is 0 Å². The number of H-pyrrole nitrogens is 1. The highest BCUT2D eigenvalue weighted by Crippen LogP contribution is 2.19. The van der Waals surface area contributed by atoms with Gasteiger partial charge in [0.25, 0.3) is 0 Å². The monoisotopic (exact) mass is 259 g/mol. The molecule has 19 heavy (non-hydrogen) atoms. The van der Waals surface area contributed by atoms with Gasteiger partial charge in [0.1, 0.15) is 5.75 Å². The van der Waals surface area contributed by atoms with Gasteiger partial charge in [0.05, 0.1) is 12.8 Å². The molecule has 1 heterocycles. The number of benzene rings is 1. The lowest BCUT2D eigenvalue weighted by atomic mass is 10.1. The molecule has 0 spiro atoms. The number of aryl methyl sites for hydroxylation is 1. The van der Waals surface area contributed by atoms with Crippen LogP contribution in [0.5, 0.6) is 5.75 Å². The highest BCUT2D eigenvalue weighted by Gasteiger charge is 2.07. The van der Waals surface area contributed by atoms with Crippen LogP contribution in [0, 0.1) is 6.92 Å². The zero-order valence-corrected chi connectivity index (χ0v) is 11.7. The molecule has 102 valence electrons. The van der Waals surface area contributed by atoms with Gasteiger partial charge in [-0.2, -0.15) is 5.10 Å². The molecule has 2 N–H and O–H groups in total. The molecular formula is C15H21N3O. The molecule has 1 atom stereocenters. The van der Waals surface area contributed by atoms with E-state index in [1.165, 1.54) is 11.1 Å². The normalized spacial score (nSPS) is 12.4. The Kier molecular flexibility index (Phi) is 4.58. The van der Waals surface area contributed by atoms with Crippen LogP contribution in [-0.4, -0.2) is 16.8 Å². The summed E-state index contributed by atoms with van der Waals surface area (Å²) < 4.78 is 5.52. The topological polar surface area (TPSA) is 49.9 Å². The van der Waals surface area contributed by atoms with Crippen molar-refractivity contribution in [2.45, 2.75) is 33.4 Å². The lowest BCUT2D eigenvalue weighted by molar-refractivity contribution is 0.339. The highest BCUT2D eigenvalue weighted by molar-refractivity contribution is 5.30. The maximum Gasteiger partial charge on any atom is 0.119 e. The van der Waals surface area contributed by atoms with E-state index >= 15 is 0 Å². The standard InChI is InChI=1S/C15H21N3O/c1-4-19-15-7-5-6-13(8-15)11(2)16-9-14-10-17-18-12(14)3/h5-8,10-11,16H,4,9H2,1-3H3,(H,17,18)/t11-/m1/s1. The summed E-state index contributed by atoms with van der Waals surface area (Å²) in [7, 11) is 0. The van der Waals surface area contributed by atoms with Crippen molar-refractivity contribution in [2.24, 2.45) is 0 Å². The summed E-state index contributed by atoms with van der Waals surface area (Å²) in [6, 6.07) is 8.49. The minimum absolute atomic E-state index is 0.273. The van der Waals surface area contributed by atoms with E-state index < -0.39 is 0 Å². The van der Waals surface area contributed by atoms with Gasteiger partial charge in [-0.05, 0) is 38.5 Å². The van der Waals surface area contributed by atoms with Gasteiger partial charge in [0, 0.05) is 23.8 Å². The van der Waals surface area contributed by atoms with Gasteiger partial charge in [0.2, 0.25) is 0 Å². The molecule has 1 aromatic carbocycles. The molecule has 0 saturated heterocycles. The molecule has 2 aromatic rings. The number of ether oxygens (including phenoxy) is 1. The van der Waals surface area contributed by atoms with Crippen LogP contribution in [0.15, 0.2) is 30.5 Å². The van der Waals surface area contributed by atoms with E-state index in [-0.39, 0.29) is 6.04 Å². The second kappa shape index (κ2) is 6.38. The van der Waals surface area contributed by atoms with Gasteiger partial charge in [-0.1, -0.05) is 12.1 Å². The van der Waals surface area contributed by atoms with Crippen molar-refractivity contribution >= 4 is 0 Å². The molecule has 0 amide bonds. The third-order valence-corrected chi connectivity index (χ3v) is 3.20. The van der Waals surface area contributed by atoms with E-state index in [0.717, 1.165) is 18.0 Å². The van der Waals surface area contributed by atoms with Crippen LogP contribution in [0.4, 0.5) is 0 Å². The van der Waals surface area contributed by atoms with Gasteiger partial charge >= 0.3 is 0 Å². The predicted molar refractivity (Wildman–Crippen MR) is 76.2 cm³/mol. The Morgan fingerprint density at radius 1 is 1.42 bits per heavy atom. The van der Waals surface area contributed by atoms with E-state index in [9.17, 15) is 0 Å². The Balaban J connectivity index is 1.97. The fraction of sp³-hybridized carbons (Fsp3) is 0.400. The van der Waals surface area contributed by atoms with Crippen molar-refractivity contribution in [2.75, 3.05) is 6.61 Å². The number of hydrogen-bond donors (Lipinski definition) is 2. The molecule has 0 fully saturated rings. The molecule has 0 saturated carbocycles. The average molecular weight is 259 g/mol. The van der Waals surface area contributed by atoms with Crippen molar-refractivity contribution in [3.05, 3.63) is 47.3 Å². The highest BCUT2D eigenvalue weighted by atomic mass is 16.5. The number of nitrogens with one attached hydrogen (secondary N) is 2. The maximum absolute atomic E-state index is 5.52. The van der Waals surface area contributed by atoms with Gasteiger partial charge in [-0.3, -0.25) is 5.10 Å². The minimum atomic E-state index is 0.273. The second-order valence-corrected chi connectivity index (χ2v) is 4.63. The summed E-state index contributed by atoms with van der Waals surface area (Å²) in [5, 5.41) is 10.5. The lowest BCUT2D eigenvalue weighted by Crippen LogP contribution is -2.18. The smallest absolute Gasteiger partial charge is 0.119 e. The van der Waals surface area contributed by atoms with Crippen LogP contribution >= 0.6 is 0 Å². The fourth-order valence-electron chi connectivity index (χ4n) is 1.98. The van der Waals surface area contributed by atoms with Crippen molar-refractivity contribution in [1.82, 2.24) is 15.5 Å². The molecule has 0 aliphatic rings. The van der Waals surface area contributed by atoms with E-state index in [0.29, 0.717) is 6.61 Å². The van der Waals surface area contributed by atoms with E-state index in [2.05, 4.69) is 34.6 Å². The first-order chi connectivity index (χ1) is 9.20. The largest absolute Gasteiger partial charge is 0.494 e. The van der Waals surface area contributed by atoms with E-state index in [1.807, 2.05) is 32.2 Å². The summed E-state index contributed by atoms with van der Waals surface area (Å²) in [4.78, 5) is 0. The Bertz CT molecular complexity index is 522. The van der Waals surface area contributed by atoms with Crippen molar-refractivity contribution < 1.29 is 4.74 Å². The summed E-state index contributed by atoms with van der Waals surface area (Å²) >= 11 is 0. The number of aromatic nitrogens is 2. The predicted octanol–water partition coefficient (Wildman–Crippen LogP) is 2.97.